The molecule has 214 valence electrons. The van der Waals surface area contributed by atoms with Crippen molar-refractivity contribution in [3.63, 3.8) is 0 Å². The SMILES string of the molecule is CC1C(c2cc3c(Cl)ccnc3s2)=CCN1C(=O)OCc1ccccc1.CC1NCC=C1c1cc2c(Cl)ccnc2s1. The van der Waals surface area contributed by atoms with Crippen molar-refractivity contribution in [2.45, 2.75) is 32.5 Å². The number of carbonyl (C=O) groups excluding carboxylic acids is 1. The molecule has 0 bridgehead atoms. The van der Waals surface area contributed by atoms with E-state index in [9.17, 15) is 4.79 Å². The highest BCUT2D eigenvalue weighted by molar-refractivity contribution is 7.20. The molecule has 4 aromatic heterocycles. The van der Waals surface area contributed by atoms with Gasteiger partial charge in [-0.2, -0.15) is 0 Å². The molecule has 6 heterocycles. The summed E-state index contributed by atoms with van der Waals surface area (Å²) < 4.78 is 5.47. The van der Waals surface area contributed by atoms with E-state index in [4.69, 9.17) is 27.9 Å². The lowest BCUT2D eigenvalue weighted by molar-refractivity contribution is 0.0977. The molecule has 0 fully saturated rings. The minimum Gasteiger partial charge on any atom is -0.445 e. The van der Waals surface area contributed by atoms with Crippen LogP contribution in [0.15, 0.2) is 79.1 Å². The first kappa shape index (κ1) is 28.8. The topological polar surface area (TPSA) is 67.4 Å². The Bertz CT molecular complexity index is 1820. The molecule has 42 heavy (non-hydrogen) atoms. The number of hydrogen-bond acceptors (Lipinski definition) is 7. The van der Waals surface area contributed by atoms with Gasteiger partial charge in [-0.05, 0) is 54.8 Å². The number of nitrogens with zero attached hydrogens (tertiary/aromatic N) is 3. The van der Waals surface area contributed by atoms with Crippen molar-refractivity contribution in [3.05, 3.63) is 105 Å². The van der Waals surface area contributed by atoms with Crippen LogP contribution in [0.4, 0.5) is 4.79 Å². The molecule has 0 saturated carbocycles. The normalized spacial score (nSPS) is 18.1. The van der Waals surface area contributed by atoms with E-state index in [0.717, 1.165) is 48.0 Å². The summed E-state index contributed by atoms with van der Waals surface area (Å²) in [6.45, 7) is 5.96. The fourth-order valence-electron chi connectivity index (χ4n) is 5.08. The Balaban J connectivity index is 0.000000168. The summed E-state index contributed by atoms with van der Waals surface area (Å²) in [5, 5.41) is 6.88. The molecule has 2 unspecified atom stereocenters. The maximum absolute atomic E-state index is 12.5. The fraction of sp³-hybridized carbons (Fsp3) is 0.219. The van der Waals surface area contributed by atoms with Crippen LogP contribution in [-0.2, 0) is 11.3 Å². The zero-order chi connectivity index (χ0) is 29.2. The van der Waals surface area contributed by atoms with Crippen LogP contribution < -0.4 is 5.32 Å². The number of hydrogen-bond donors (Lipinski definition) is 1. The predicted octanol–water partition coefficient (Wildman–Crippen LogP) is 8.70. The number of carbonyl (C=O) groups is 1. The molecule has 5 aromatic rings. The third kappa shape index (κ3) is 5.96. The average molecular weight is 636 g/mol. The third-order valence-electron chi connectivity index (χ3n) is 7.41. The molecule has 0 aliphatic carbocycles. The fourth-order valence-corrected chi connectivity index (χ4v) is 7.90. The van der Waals surface area contributed by atoms with Gasteiger partial charge in [0.15, 0.2) is 0 Å². The highest BCUT2D eigenvalue weighted by atomic mass is 35.5. The van der Waals surface area contributed by atoms with Crippen molar-refractivity contribution in [1.29, 1.82) is 0 Å². The van der Waals surface area contributed by atoms with Crippen LogP contribution >= 0.6 is 45.9 Å². The standard InChI is InChI=1S/C20H17ClN2O2S.C12H11ClN2S/c1-13-15(18-11-16-17(21)7-9-22-19(16)26-18)8-10-23(13)20(24)25-12-14-5-3-2-4-6-14;1-7-8(2-4-14-7)11-6-9-10(13)3-5-15-12(9)16-11/h2-9,11,13H,10,12H2,1H3;2-3,5-7,14H,4H2,1H3. The number of benzene rings is 1. The summed E-state index contributed by atoms with van der Waals surface area (Å²) in [7, 11) is 0. The highest BCUT2D eigenvalue weighted by Gasteiger charge is 2.30. The lowest BCUT2D eigenvalue weighted by Gasteiger charge is -2.23. The van der Waals surface area contributed by atoms with E-state index in [1.54, 1.807) is 46.0 Å². The molecule has 2 atom stereocenters. The quantitative estimate of drug-likeness (QED) is 0.214. The van der Waals surface area contributed by atoms with Crippen molar-refractivity contribution in [2.75, 3.05) is 13.1 Å². The number of nitrogens with one attached hydrogen (secondary N) is 1. The van der Waals surface area contributed by atoms with Crippen LogP contribution in [0.3, 0.4) is 0 Å². The van der Waals surface area contributed by atoms with Gasteiger partial charge in [-0.25, -0.2) is 14.8 Å². The van der Waals surface area contributed by atoms with Gasteiger partial charge in [0.2, 0.25) is 0 Å². The van der Waals surface area contributed by atoms with E-state index < -0.39 is 0 Å². The second kappa shape index (κ2) is 12.5. The van der Waals surface area contributed by atoms with E-state index in [-0.39, 0.29) is 18.7 Å². The van der Waals surface area contributed by atoms with E-state index >= 15 is 0 Å². The number of rotatable bonds is 4. The van der Waals surface area contributed by atoms with Gasteiger partial charge in [-0.15, -0.1) is 22.7 Å². The molecule has 0 spiro atoms. The maximum Gasteiger partial charge on any atom is 0.410 e. The van der Waals surface area contributed by atoms with Gasteiger partial charge in [0.1, 0.15) is 16.3 Å². The second-order valence-electron chi connectivity index (χ2n) is 10.1. The van der Waals surface area contributed by atoms with E-state index in [2.05, 4.69) is 46.5 Å². The molecule has 1 N–H and O–H groups in total. The summed E-state index contributed by atoms with van der Waals surface area (Å²) >= 11 is 15.7. The van der Waals surface area contributed by atoms with Gasteiger partial charge in [0.05, 0.1) is 16.1 Å². The Hall–Kier alpha value is -3.27. The van der Waals surface area contributed by atoms with Crippen LogP contribution in [0.25, 0.3) is 31.6 Å². The number of aromatic nitrogens is 2. The molecule has 2 aliphatic heterocycles. The van der Waals surface area contributed by atoms with Crippen molar-refractivity contribution in [1.82, 2.24) is 20.2 Å². The van der Waals surface area contributed by atoms with Crippen LogP contribution in [0, 0.1) is 0 Å². The van der Waals surface area contributed by atoms with Crippen LogP contribution in [0.2, 0.25) is 10.0 Å². The minimum atomic E-state index is -0.301. The molecular weight excluding hydrogens is 607 g/mol. The zero-order valence-electron chi connectivity index (χ0n) is 23.0. The first-order valence-electron chi connectivity index (χ1n) is 13.6. The number of thiophene rings is 2. The minimum absolute atomic E-state index is 0.0508. The molecule has 0 saturated heterocycles. The molecule has 2 aliphatic rings. The predicted molar refractivity (Wildman–Crippen MR) is 175 cm³/mol. The number of ether oxygens (including phenoxy) is 1. The van der Waals surface area contributed by atoms with E-state index in [1.807, 2.05) is 43.3 Å². The van der Waals surface area contributed by atoms with Crippen LogP contribution in [-0.4, -0.2) is 46.1 Å². The van der Waals surface area contributed by atoms with Gasteiger partial charge in [0, 0.05) is 52.1 Å². The number of halogens is 2. The average Bonchev–Trinajstić information content (AvgIpc) is 3.79. The van der Waals surface area contributed by atoms with Gasteiger partial charge >= 0.3 is 6.09 Å². The van der Waals surface area contributed by atoms with Gasteiger partial charge < -0.3 is 10.1 Å². The largest absolute Gasteiger partial charge is 0.445 e. The second-order valence-corrected chi connectivity index (χ2v) is 12.9. The molecule has 10 heteroatoms. The van der Waals surface area contributed by atoms with Crippen molar-refractivity contribution in [3.8, 4) is 0 Å². The first-order valence-corrected chi connectivity index (χ1v) is 16.0. The Morgan fingerprint density at radius 2 is 1.55 bits per heavy atom. The van der Waals surface area contributed by atoms with Crippen LogP contribution in [0.1, 0.15) is 29.2 Å². The smallest absolute Gasteiger partial charge is 0.410 e. The summed E-state index contributed by atoms with van der Waals surface area (Å²) in [6.07, 6.45) is 7.49. The molecule has 7 rings (SSSR count). The van der Waals surface area contributed by atoms with Gasteiger partial charge in [-0.3, -0.25) is 4.90 Å². The van der Waals surface area contributed by atoms with Crippen molar-refractivity contribution < 1.29 is 9.53 Å². The molecule has 0 radical (unpaired) electrons. The summed E-state index contributed by atoms with van der Waals surface area (Å²) in [5.41, 5.74) is 3.45. The molecule has 1 amide bonds. The van der Waals surface area contributed by atoms with Gasteiger partial charge in [0.25, 0.3) is 0 Å². The van der Waals surface area contributed by atoms with E-state index in [0.29, 0.717) is 17.6 Å². The van der Waals surface area contributed by atoms with Crippen molar-refractivity contribution >= 4 is 83.5 Å². The molecular formula is C32H28Cl2N4O2S2. The van der Waals surface area contributed by atoms with Crippen LogP contribution in [0.5, 0.6) is 0 Å². The van der Waals surface area contributed by atoms with Gasteiger partial charge in [-0.1, -0.05) is 65.7 Å². The lowest BCUT2D eigenvalue weighted by Crippen LogP contribution is -2.35. The molecule has 6 nitrogen and oxygen atoms in total. The first-order chi connectivity index (χ1) is 20.4. The summed E-state index contributed by atoms with van der Waals surface area (Å²) in [4.78, 5) is 27.2. The number of fused-ring (bicyclic) bond motifs is 2. The highest BCUT2D eigenvalue weighted by Crippen LogP contribution is 2.38. The number of amides is 1. The Labute approximate surface area is 262 Å². The molecule has 1 aromatic carbocycles. The summed E-state index contributed by atoms with van der Waals surface area (Å²) in [6, 6.07) is 17.9. The van der Waals surface area contributed by atoms with Crippen molar-refractivity contribution in [2.24, 2.45) is 0 Å². The lowest BCUT2D eigenvalue weighted by atomic mass is 10.1. The Kier molecular flexibility index (Phi) is 8.60. The van der Waals surface area contributed by atoms with E-state index in [1.165, 1.54) is 10.5 Å². The third-order valence-corrected chi connectivity index (χ3v) is 10.3. The summed E-state index contributed by atoms with van der Waals surface area (Å²) in [5.74, 6) is 0. The number of pyridine rings is 2. The Morgan fingerprint density at radius 1 is 0.929 bits per heavy atom. The monoisotopic (exact) mass is 634 g/mol. The zero-order valence-corrected chi connectivity index (χ0v) is 26.2. The Morgan fingerprint density at radius 3 is 2.12 bits per heavy atom. The maximum atomic E-state index is 12.5.